The molecule has 146 valence electrons. The fraction of sp³-hybridized carbons (Fsp3) is 0.273. The van der Waals surface area contributed by atoms with Gasteiger partial charge in [0.15, 0.2) is 0 Å². The molecule has 2 aromatic carbocycles. The van der Waals surface area contributed by atoms with E-state index in [4.69, 9.17) is 4.74 Å². The Morgan fingerprint density at radius 3 is 2.43 bits per heavy atom. The van der Waals surface area contributed by atoms with Gasteiger partial charge in [0.2, 0.25) is 10.0 Å². The van der Waals surface area contributed by atoms with Crippen molar-refractivity contribution in [2.45, 2.75) is 18.8 Å². The van der Waals surface area contributed by atoms with Gasteiger partial charge in [0.25, 0.3) is 0 Å². The van der Waals surface area contributed by atoms with Crippen molar-refractivity contribution in [2.75, 3.05) is 20.2 Å². The molecule has 1 aliphatic rings. The molecule has 0 spiro atoms. The van der Waals surface area contributed by atoms with Crippen LogP contribution in [0.1, 0.15) is 29.9 Å². The van der Waals surface area contributed by atoms with E-state index in [1.54, 1.807) is 25.3 Å². The maximum absolute atomic E-state index is 13.5. The lowest BCUT2D eigenvalue weighted by molar-refractivity contribution is 0.322. The van der Waals surface area contributed by atoms with Crippen LogP contribution in [0.2, 0.25) is 0 Å². The topological polar surface area (TPSA) is 46.6 Å². The first-order valence-electron chi connectivity index (χ1n) is 9.06. The van der Waals surface area contributed by atoms with Crippen LogP contribution in [-0.2, 0) is 10.0 Å². The third kappa shape index (κ3) is 5.00. The summed E-state index contributed by atoms with van der Waals surface area (Å²) in [5.41, 5.74) is 1.44. The quantitative estimate of drug-likeness (QED) is 0.733. The molecule has 0 atom stereocenters. The molecule has 1 saturated heterocycles. The summed E-state index contributed by atoms with van der Waals surface area (Å²) < 4.78 is 45.1. The Bertz CT molecular complexity index is 996. The summed E-state index contributed by atoms with van der Waals surface area (Å²) in [5.74, 6) is 5.94. The molecule has 28 heavy (non-hydrogen) atoms. The SMILES string of the molecule is COc1ccc(C2CCN(S(=O)(=O)/C=C/C#Cc3ccccc3F)CC2)cc1. The first-order chi connectivity index (χ1) is 13.5. The van der Waals surface area contributed by atoms with Gasteiger partial charge in [-0.2, -0.15) is 4.31 Å². The minimum atomic E-state index is -3.53. The molecule has 0 unspecified atom stereocenters. The van der Waals surface area contributed by atoms with Crippen LogP contribution in [0.25, 0.3) is 0 Å². The molecule has 3 rings (SSSR count). The molecule has 0 amide bonds. The second-order valence-electron chi connectivity index (χ2n) is 6.54. The third-order valence-corrected chi connectivity index (χ3v) is 6.37. The number of halogens is 1. The average Bonchev–Trinajstić information content (AvgIpc) is 2.72. The number of piperidine rings is 1. The summed E-state index contributed by atoms with van der Waals surface area (Å²) in [6.07, 6.45) is 2.79. The fourth-order valence-electron chi connectivity index (χ4n) is 3.21. The van der Waals surface area contributed by atoms with E-state index in [0.717, 1.165) is 24.0 Å². The number of rotatable bonds is 4. The highest BCUT2D eigenvalue weighted by molar-refractivity contribution is 7.92. The van der Waals surface area contributed by atoms with Gasteiger partial charge in [-0.25, -0.2) is 12.8 Å². The second kappa shape index (κ2) is 9.05. The highest BCUT2D eigenvalue weighted by Crippen LogP contribution is 2.30. The van der Waals surface area contributed by atoms with Crippen molar-refractivity contribution in [2.24, 2.45) is 0 Å². The normalized spacial score (nSPS) is 15.9. The van der Waals surface area contributed by atoms with E-state index in [9.17, 15) is 12.8 Å². The fourth-order valence-corrected chi connectivity index (χ4v) is 4.34. The van der Waals surface area contributed by atoms with Crippen molar-refractivity contribution in [3.63, 3.8) is 0 Å². The minimum absolute atomic E-state index is 0.241. The van der Waals surface area contributed by atoms with Crippen molar-refractivity contribution in [3.8, 4) is 17.6 Å². The van der Waals surface area contributed by atoms with E-state index in [1.165, 1.54) is 22.0 Å². The maximum atomic E-state index is 13.5. The van der Waals surface area contributed by atoms with Crippen LogP contribution in [0.15, 0.2) is 60.0 Å². The molecule has 2 aromatic rings. The largest absolute Gasteiger partial charge is 0.497 e. The zero-order chi connectivity index (χ0) is 20.0. The molecule has 1 heterocycles. The Balaban J connectivity index is 1.59. The Hall–Kier alpha value is -2.62. The van der Waals surface area contributed by atoms with Crippen LogP contribution in [0.3, 0.4) is 0 Å². The van der Waals surface area contributed by atoms with Gasteiger partial charge in [0, 0.05) is 19.2 Å². The molecule has 0 N–H and O–H groups in total. The summed E-state index contributed by atoms with van der Waals surface area (Å²) in [5, 5.41) is 1.09. The monoisotopic (exact) mass is 399 g/mol. The smallest absolute Gasteiger partial charge is 0.236 e. The number of ether oxygens (including phenoxy) is 1. The molecular weight excluding hydrogens is 377 g/mol. The Kier molecular flexibility index (Phi) is 6.50. The van der Waals surface area contributed by atoms with Crippen molar-refractivity contribution in [1.82, 2.24) is 4.31 Å². The minimum Gasteiger partial charge on any atom is -0.497 e. The van der Waals surface area contributed by atoms with Crippen molar-refractivity contribution >= 4 is 10.0 Å². The molecule has 0 bridgehead atoms. The van der Waals surface area contributed by atoms with Gasteiger partial charge in [-0.15, -0.1) is 0 Å². The summed E-state index contributed by atoms with van der Waals surface area (Å²) >= 11 is 0. The van der Waals surface area contributed by atoms with E-state index in [0.29, 0.717) is 19.0 Å². The van der Waals surface area contributed by atoms with Gasteiger partial charge in [0.1, 0.15) is 11.6 Å². The van der Waals surface area contributed by atoms with Gasteiger partial charge in [0.05, 0.1) is 18.1 Å². The average molecular weight is 399 g/mol. The molecule has 0 saturated carbocycles. The molecule has 4 nitrogen and oxygen atoms in total. The third-order valence-electron chi connectivity index (χ3n) is 4.81. The van der Waals surface area contributed by atoms with Gasteiger partial charge in [-0.3, -0.25) is 0 Å². The second-order valence-corrected chi connectivity index (χ2v) is 8.36. The van der Waals surface area contributed by atoms with E-state index >= 15 is 0 Å². The van der Waals surface area contributed by atoms with Crippen LogP contribution >= 0.6 is 0 Å². The van der Waals surface area contributed by atoms with Crippen LogP contribution in [0.4, 0.5) is 4.39 Å². The highest BCUT2D eigenvalue weighted by Gasteiger charge is 2.26. The first kappa shape index (κ1) is 20.1. The van der Waals surface area contributed by atoms with Crippen molar-refractivity contribution < 1.29 is 17.5 Å². The lowest BCUT2D eigenvalue weighted by Gasteiger charge is -2.30. The summed E-state index contributed by atoms with van der Waals surface area (Å²) in [7, 11) is -1.90. The molecule has 1 fully saturated rings. The predicted molar refractivity (Wildman–Crippen MR) is 108 cm³/mol. The zero-order valence-corrected chi connectivity index (χ0v) is 16.5. The van der Waals surface area contributed by atoms with Crippen molar-refractivity contribution in [1.29, 1.82) is 0 Å². The molecule has 0 aliphatic carbocycles. The molecule has 1 aliphatic heterocycles. The lowest BCUT2D eigenvalue weighted by atomic mass is 9.90. The number of allylic oxidation sites excluding steroid dienone is 1. The first-order valence-corrected chi connectivity index (χ1v) is 10.6. The van der Waals surface area contributed by atoms with Gasteiger partial charge in [-0.05, 0) is 48.6 Å². The molecule has 0 radical (unpaired) electrons. The van der Waals surface area contributed by atoms with Crippen molar-refractivity contribution in [3.05, 3.63) is 77.0 Å². The summed E-state index contributed by atoms with van der Waals surface area (Å²) in [6, 6.07) is 14.0. The highest BCUT2D eigenvalue weighted by atomic mass is 32.2. The summed E-state index contributed by atoms with van der Waals surface area (Å²) in [4.78, 5) is 0. The van der Waals surface area contributed by atoms with Gasteiger partial charge in [-0.1, -0.05) is 36.1 Å². The van der Waals surface area contributed by atoms with Crippen LogP contribution < -0.4 is 4.74 Å². The Labute approximate surface area is 165 Å². The van der Waals surface area contributed by atoms with Crippen LogP contribution in [0, 0.1) is 17.7 Å². The lowest BCUT2D eigenvalue weighted by Crippen LogP contribution is -2.36. The number of hydrogen-bond donors (Lipinski definition) is 0. The van der Waals surface area contributed by atoms with E-state index < -0.39 is 15.8 Å². The van der Waals surface area contributed by atoms with E-state index in [2.05, 4.69) is 11.8 Å². The van der Waals surface area contributed by atoms with Crippen LogP contribution in [-0.4, -0.2) is 32.9 Å². The molecular formula is C22H22FNO3S. The van der Waals surface area contributed by atoms with Gasteiger partial charge >= 0.3 is 0 Å². The van der Waals surface area contributed by atoms with E-state index in [-0.39, 0.29) is 5.56 Å². The maximum Gasteiger partial charge on any atom is 0.236 e. The number of methoxy groups -OCH3 is 1. The number of hydrogen-bond acceptors (Lipinski definition) is 3. The number of benzene rings is 2. The zero-order valence-electron chi connectivity index (χ0n) is 15.6. The van der Waals surface area contributed by atoms with E-state index in [1.807, 2.05) is 24.3 Å². The number of nitrogens with zero attached hydrogens (tertiary/aromatic N) is 1. The predicted octanol–water partition coefficient (Wildman–Crippen LogP) is 3.91. The summed E-state index contributed by atoms with van der Waals surface area (Å²) in [6.45, 7) is 0.925. The molecule has 6 heteroatoms. The number of sulfonamides is 1. The van der Waals surface area contributed by atoms with Crippen LogP contribution in [0.5, 0.6) is 5.75 Å². The standard InChI is InChI=1S/C22H22FNO3S/c1-27-21-11-9-18(10-12-21)19-13-15-24(16-14-19)28(25,26)17-5-4-7-20-6-2-3-8-22(20)23/h2-3,5-6,8-12,17,19H,13-16H2,1H3/b17-5+. The Morgan fingerprint density at radius 2 is 1.79 bits per heavy atom. The Morgan fingerprint density at radius 1 is 1.11 bits per heavy atom. The van der Waals surface area contributed by atoms with Gasteiger partial charge < -0.3 is 4.74 Å². The molecule has 0 aromatic heterocycles.